The van der Waals surface area contributed by atoms with Gasteiger partial charge in [-0.2, -0.15) is 0 Å². The Kier molecular flexibility index (Phi) is 3.74. The molecule has 4 heteroatoms. The zero-order valence-corrected chi connectivity index (χ0v) is 9.21. The van der Waals surface area contributed by atoms with Crippen molar-refractivity contribution in [3.8, 4) is 5.75 Å². The summed E-state index contributed by atoms with van der Waals surface area (Å²) in [6, 6.07) is 5.09. The zero-order chi connectivity index (χ0) is 11.4. The van der Waals surface area contributed by atoms with Crippen LogP contribution in [0.4, 0.5) is 0 Å². The third-order valence-electron chi connectivity index (χ3n) is 1.92. The summed E-state index contributed by atoms with van der Waals surface area (Å²) in [5.74, 6) is -0.313. The van der Waals surface area contributed by atoms with Crippen LogP contribution in [0.1, 0.15) is 12.5 Å². The highest BCUT2D eigenvalue weighted by Crippen LogP contribution is 2.24. The van der Waals surface area contributed by atoms with Crippen molar-refractivity contribution in [3.05, 3.63) is 34.4 Å². The Bertz CT molecular complexity index is 410. The van der Waals surface area contributed by atoms with Gasteiger partial charge in [-0.25, -0.2) is 4.79 Å². The lowest BCUT2D eigenvalue weighted by atomic mass is 10.1. The van der Waals surface area contributed by atoms with Gasteiger partial charge in [-0.15, -0.1) is 0 Å². The van der Waals surface area contributed by atoms with Crippen LogP contribution in [-0.2, 0) is 4.79 Å². The number of carboxylic acids is 1. The van der Waals surface area contributed by atoms with Gasteiger partial charge in [0.15, 0.2) is 0 Å². The van der Waals surface area contributed by atoms with Gasteiger partial charge in [-0.1, -0.05) is 11.6 Å². The van der Waals surface area contributed by atoms with Crippen molar-refractivity contribution in [3.63, 3.8) is 0 Å². The highest BCUT2D eigenvalue weighted by molar-refractivity contribution is 6.32. The average Bonchev–Trinajstić information content (AvgIpc) is 2.20. The zero-order valence-electron chi connectivity index (χ0n) is 8.45. The van der Waals surface area contributed by atoms with Gasteiger partial charge in [0.25, 0.3) is 0 Å². The van der Waals surface area contributed by atoms with E-state index in [0.717, 1.165) is 0 Å². The number of benzene rings is 1. The number of rotatable bonds is 3. The van der Waals surface area contributed by atoms with E-state index in [0.29, 0.717) is 16.3 Å². The smallest absolute Gasteiger partial charge is 0.331 e. The SMILES string of the molecule is COc1ccc(/C=C(\C)C(=O)O)c(Cl)c1. The maximum atomic E-state index is 10.6. The second-order valence-corrected chi connectivity index (χ2v) is 3.43. The predicted molar refractivity (Wildman–Crippen MR) is 59.3 cm³/mol. The number of halogens is 1. The van der Waals surface area contributed by atoms with E-state index in [1.54, 1.807) is 25.3 Å². The van der Waals surface area contributed by atoms with Crippen molar-refractivity contribution in [2.24, 2.45) is 0 Å². The number of ether oxygens (including phenoxy) is 1. The molecular weight excluding hydrogens is 216 g/mol. The first kappa shape index (κ1) is 11.6. The minimum atomic E-state index is -0.957. The second-order valence-electron chi connectivity index (χ2n) is 3.02. The molecule has 0 aliphatic heterocycles. The lowest BCUT2D eigenvalue weighted by molar-refractivity contribution is -0.132. The summed E-state index contributed by atoms with van der Waals surface area (Å²) < 4.78 is 4.98. The highest BCUT2D eigenvalue weighted by Gasteiger charge is 2.03. The summed E-state index contributed by atoms with van der Waals surface area (Å²) in [5.41, 5.74) is 0.902. The molecule has 0 bridgehead atoms. The van der Waals surface area contributed by atoms with Gasteiger partial charge in [-0.05, 0) is 36.8 Å². The summed E-state index contributed by atoms with van der Waals surface area (Å²) in [6.45, 7) is 1.52. The summed E-state index contributed by atoms with van der Waals surface area (Å²) in [6.07, 6.45) is 1.52. The molecule has 0 aliphatic rings. The van der Waals surface area contributed by atoms with E-state index in [1.165, 1.54) is 13.0 Å². The van der Waals surface area contributed by atoms with E-state index in [9.17, 15) is 4.79 Å². The Morgan fingerprint density at radius 2 is 2.20 bits per heavy atom. The Hall–Kier alpha value is -1.48. The first-order valence-corrected chi connectivity index (χ1v) is 4.67. The molecule has 0 fully saturated rings. The molecule has 3 nitrogen and oxygen atoms in total. The highest BCUT2D eigenvalue weighted by atomic mass is 35.5. The Balaban J connectivity index is 3.07. The number of aliphatic carboxylic acids is 1. The van der Waals surface area contributed by atoms with Crippen molar-refractivity contribution in [2.75, 3.05) is 7.11 Å². The predicted octanol–water partition coefficient (Wildman–Crippen LogP) is 2.84. The molecule has 0 atom stereocenters. The van der Waals surface area contributed by atoms with Gasteiger partial charge in [0, 0.05) is 5.57 Å². The molecule has 1 aromatic rings. The summed E-state index contributed by atoms with van der Waals surface area (Å²) in [5, 5.41) is 9.17. The van der Waals surface area contributed by atoms with Crippen LogP contribution >= 0.6 is 11.6 Å². The molecule has 1 aromatic carbocycles. The number of hydrogen-bond acceptors (Lipinski definition) is 2. The van der Waals surface area contributed by atoms with Crippen molar-refractivity contribution in [1.82, 2.24) is 0 Å². The molecule has 0 spiro atoms. The molecule has 0 aliphatic carbocycles. The molecule has 0 saturated carbocycles. The molecule has 0 saturated heterocycles. The maximum Gasteiger partial charge on any atom is 0.331 e. The molecule has 1 N–H and O–H groups in total. The molecule has 0 aromatic heterocycles. The van der Waals surface area contributed by atoms with E-state index in [2.05, 4.69) is 0 Å². The van der Waals surface area contributed by atoms with Gasteiger partial charge in [0.1, 0.15) is 5.75 Å². The topological polar surface area (TPSA) is 46.5 Å². The number of hydrogen-bond donors (Lipinski definition) is 1. The Labute approximate surface area is 92.9 Å². The molecule has 0 heterocycles. The summed E-state index contributed by atoms with van der Waals surface area (Å²) in [4.78, 5) is 10.6. The van der Waals surface area contributed by atoms with Crippen molar-refractivity contribution < 1.29 is 14.6 Å². The van der Waals surface area contributed by atoms with Gasteiger partial charge in [-0.3, -0.25) is 0 Å². The van der Waals surface area contributed by atoms with E-state index in [1.807, 2.05) is 0 Å². The van der Waals surface area contributed by atoms with Gasteiger partial charge >= 0.3 is 5.97 Å². The minimum absolute atomic E-state index is 0.238. The molecule has 0 radical (unpaired) electrons. The van der Waals surface area contributed by atoms with Gasteiger partial charge in [0.05, 0.1) is 12.1 Å². The van der Waals surface area contributed by atoms with Crippen LogP contribution in [0, 0.1) is 0 Å². The molecule has 80 valence electrons. The van der Waals surface area contributed by atoms with Crippen LogP contribution in [0.3, 0.4) is 0 Å². The lowest BCUT2D eigenvalue weighted by Crippen LogP contribution is -1.95. The quantitative estimate of drug-likeness (QED) is 0.807. The fourth-order valence-electron chi connectivity index (χ4n) is 1.05. The Morgan fingerprint density at radius 1 is 1.53 bits per heavy atom. The van der Waals surface area contributed by atoms with E-state index in [-0.39, 0.29) is 5.57 Å². The van der Waals surface area contributed by atoms with Crippen LogP contribution < -0.4 is 4.74 Å². The second kappa shape index (κ2) is 4.84. The average molecular weight is 227 g/mol. The van der Waals surface area contributed by atoms with Crippen LogP contribution in [0.5, 0.6) is 5.75 Å². The van der Waals surface area contributed by atoms with Crippen LogP contribution in [-0.4, -0.2) is 18.2 Å². The Morgan fingerprint density at radius 3 is 2.67 bits per heavy atom. The standard InChI is InChI=1S/C11H11ClO3/c1-7(11(13)14)5-8-3-4-9(15-2)6-10(8)12/h3-6H,1-2H3,(H,13,14)/b7-5+. The van der Waals surface area contributed by atoms with E-state index < -0.39 is 5.97 Å². The van der Waals surface area contributed by atoms with Gasteiger partial charge < -0.3 is 9.84 Å². The van der Waals surface area contributed by atoms with Crippen LogP contribution in [0.2, 0.25) is 5.02 Å². The van der Waals surface area contributed by atoms with Crippen LogP contribution in [0.25, 0.3) is 6.08 Å². The molecule has 0 amide bonds. The first-order valence-electron chi connectivity index (χ1n) is 4.29. The molecule has 0 unspecified atom stereocenters. The van der Waals surface area contributed by atoms with Gasteiger partial charge in [0.2, 0.25) is 0 Å². The number of methoxy groups -OCH3 is 1. The monoisotopic (exact) mass is 226 g/mol. The van der Waals surface area contributed by atoms with E-state index >= 15 is 0 Å². The number of carbonyl (C=O) groups is 1. The minimum Gasteiger partial charge on any atom is -0.497 e. The van der Waals surface area contributed by atoms with Crippen molar-refractivity contribution in [2.45, 2.75) is 6.92 Å². The fraction of sp³-hybridized carbons (Fsp3) is 0.182. The summed E-state index contributed by atoms with van der Waals surface area (Å²) >= 11 is 5.94. The maximum absolute atomic E-state index is 10.6. The van der Waals surface area contributed by atoms with Crippen molar-refractivity contribution >= 4 is 23.6 Å². The molecular formula is C11H11ClO3. The van der Waals surface area contributed by atoms with E-state index in [4.69, 9.17) is 21.4 Å². The first-order chi connectivity index (χ1) is 7.04. The number of carboxylic acid groups (broad SMARTS) is 1. The van der Waals surface area contributed by atoms with Crippen LogP contribution in [0.15, 0.2) is 23.8 Å². The molecule has 1 rings (SSSR count). The third kappa shape index (κ3) is 2.99. The normalized spacial score (nSPS) is 11.3. The molecule has 15 heavy (non-hydrogen) atoms. The van der Waals surface area contributed by atoms with Crippen molar-refractivity contribution in [1.29, 1.82) is 0 Å². The summed E-state index contributed by atoms with van der Waals surface area (Å²) in [7, 11) is 1.55. The third-order valence-corrected chi connectivity index (χ3v) is 2.24. The fourth-order valence-corrected chi connectivity index (χ4v) is 1.27. The lowest BCUT2D eigenvalue weighted by Gasteiger charge is -2.03. The largest absolute Gasteiger partial charge is 0.497 e.